The van der Waals surface area contributed by atoms with Gasteiger partial charge in [-0.2, -0.15) is 0 Å². The Hall–Kier alpha value is -1.82. The van der Waals surface area contributed by atoms with Gasteiger partial charge in [0.2, 0.25) is 0 Å². The van der Waals surface area contributed by atoms with Gasteiger partial charge >= 0.3 is 6.03 Å². The van der Waals surface area contributed by atoms with Gasteiger partial charge in [-0.15, -0.1) is 0 Å². The minimum atomic E-state index is 0.0458. The lowest BCUT2D eigenvalue weighted by Gasteiger charge is -2.38. The highest BCUT2D eigenvalue weighted by Gasteiger charge is 2.28. The predicted molar refractivity (Wildman–Crippen MR) is 94.1 cm³/mol. The van der Waals surface area contributed by atoms with Crippen LogP contribution in [-0.2, 0) is 0 Å². The number of nitrogens with one attached hydrogen (secondary N) is 1. The highest BCUT2D eigenvalue weighted by molar-refractivity contribution is 5.75. The summed E-state index contributed by atoms with van der Waals surface area (Å²) in [5.41, 5.74) is 0. The first-order valence-electron chi connectivity index (χ1n) is 9.12. The Balaban J connectivity index is 1.49. The number of hydrogen-bond donors (Lipinski definition) is 2. The van der Waals surface area contributed by atoms with Crippen molar-refractivity contribution in [2.24, 2.45) is 0 Å². The lowest BCUT2D eigenvalue weighted by molar-refractivity contribution is 0.128. The van der Waals surface area contributed by atoms with Crippen LogP contribution in [0.15, 0.2) is 24.4 Å². The van der Waals surface area contributed by atoms with Gasteiger partial charge in [0.25, 0.3) is 0 Å². The molecule has 0 spiro atoms. The zero-order valence-electron chi connectivity index (χ0n) is 14.2. The number of likely N-dealkylation sites (tertiary alicyclic amines) is 1. The molecular weight excluding hydrogens is 304 g/mol. The number of piperidine rings is 2. The number of urea groups is 1. The highest BCUT2D eigenvalue weighted by atomic mass is 16.3. The average molecular weight is 332 g/mol. The number of anilines is 1. The van der Waals surface area contributed by atoms with E-state index in [4.69, 9.17) is 0 Å². The van der Waals surface area contributed by atoms with Gasteiger partial charge in [-0.05, 0) is 50.7 Å². The molecule has 24 heavy (non-hydrogen) atoms. The second-order valence-electron chi connectivity index (χ2n) is 6.75. The van der Waals surface area contributed by atoms with Crippen LogP contribution in [0.4, 0.5) is 10.6 Å². The number of nitrogens with zero attached hydrogens (tertiary/aromatic N) is 3. The number of carbonyl (C=O) groups is 1. The van der Waals surface area contributed by atoms with Crippen LogP contribution in [0, 0.1) is 0 Å². The molecule has 0 aliphatic carbocycles. The van der Waals surface area contributed by atoms with Crippen molar-refractivity contribution in [1.82, 2.24) is 15.2 Å². The molecule has 3 rings (SSSR count). The fraction of sp³-hybridized carbons (Fsp3) is 0.667. The summed E-state index contributed by atoms with van der Waals surface area (Å²) in [6.07, 6.45) is 7.62. The van der Waals surface area contributed by atoms with E-state index in [0.717, 1.165) is 57.6 Å². The van der Waals surface area contributed by atoms with E-state index < -0.39 is 0 Å². The number of carbonyl (C=O) groups excluding carboxylic acids is 1. The fourth-order valence-electron chi connectivity index (χ4n) is 3.77. The van der Waals surface area contributed by atoms with E-state index in [1.165, 1.54) is 0 Å². The van der Waals surface area contributed by atoms with Gasteiger partial charge in [-0.25, -0.2) is 9.78 Å². The van der Waals surface area contributed by atoms with Crippen molar-refractivity contribution in [3.05, 3.63) is 24.4 Å². The van der Waals surface area contributed by atoms with E-state index >= 15 is 0 Å². The summed E-state index contributed by atoms with van der Waals surface area (Å²) < 4.78 is 0. The van der Waals surface area contributed by atoms with Gasteiger partial charge in [-0.1, -0.05) is 6.07 Å². The molecule has 6 heteroatoms. The summed E-state index contributed by atoms with van der Waals surface area (Å²) in [7, 11) is 0. The van der Waals surface area contributed by atoms with Crippen LogP contribution in [0.1, 0.15) is 38.5 Å². The largest absolute Gasteiger partial charge is 0.396 e. The molecular formula is C18H28N4O2. The minimum absolute atomic E-state index is 0.0458. The van der Waals surface area contributed by atoms with Gasteiger partial charge in [0.15, 0.2) is 0 Å². The van der Waals surface area contributed by atoms with Crippen molar-refractivity contribution < 1.29 is 9.90 Å². The lowest BCUT2D eigenvalue weighted by Crippen LogP contribution is -2.53. The molecule has 1 unspecified atom stereocenters. The molecule has 0 aromatic carbocycles. The Morgan fingerprint density at radius 1 is 1.21 bits per heavy atom. The quantitative estimate of drug-likeness (QED) is 0.885. The number of hydrogen-bond acceptors (Lipinski definition) is 4. The molecule has 2 amide bonds. The van der Waals surface area contributed by atoms with E-state index in [1.807, 2.05) is 29.3 Å². The molecule has 2 aliphatic heterocycles. The third kappa shape index (κ3) is 4.17. The normalized spacial score (nSPS) is 22.5. The fourth-order valence-corrected chi connectivity index (χ4v) is 3.77. The maximum atomic E-state index is 12.6. The first-order valence-corrected chi connectivity index (χ1v) is 9.12. The van der Waals surface area contributed by atoms with Crippen LogP contribution in [-0.4, -0.2) is 59.3 Å². The molecule has 2 N–H and O–H groups in total. The summed E-state index contributed by atoms with van der Waals surface area (Å²) >= 11 is 0. The third-order valence-corrected chi connectivity index (χ3v) is 5.15. The van der Waals surface area contributed by atoms with Crippen LogP contribution in [0.2, 0.25) is 0 Å². The topological polar surface area (TPSA) is 68.7 Å². The van der Waals surface area contributed by atoms with Crippen LogP contribution in [0.25, 0.3) is 0 Å². The number of rotatable bonds is 4. The average Bonchev–Trinajstić information content (AvgIpc) is 2.64. The number of aliphatic hydroxyl groups is 1. The minimum Gasteiger partial charge on any atom is -0.396 e. The number of amides is 2. The lowest BCUT2D eigenvalue weighted by atomic mass is 10.00. The zero-order valence-corrected chi connectivity index (χ0v) is 14.2. The Kier molecular flexibility index (Phi) is 5.91. The second kappa shape index (κ2) is 8.33. The maximum Gasteiger partial charge on any atom is 0.317 e. The summed E-state index contributed by atoms with van der Waals surface area (Å²) in [4.78, 5) is 21.2. The molecule has 0 radical (unpaired) electrons. The van der Waals surface area contributed by atoms with E-state index in [-0.39, 0.29) is 24.7 Å². The maximum absolute atomic E-state index is 12.6. The third-order valence-electron chi connectivity index (χ3n) is 5.15. The van der Waals surface area contributed by atoms with E-state index in [1.54, 1.807) is 0 Å². The molecule has 2 aliphatic rings. The van der Waals surface area contributed by atoms with E-state index in [2.05, 4.69) is 15.2 Å². The summed E-state index contributed by atoms with van der Waals surface area (Å²) in [6, 6.07) is 6.44. The van der Waals surface area contributed by atoms with Gasteiger partial charge in [0, 0.05) is 44.5 Å². The first-order chi connectivity index (χ1) is 11.8. The van der Waals surface area contributed by atoms with Crippen LogP contribution in [0.5, 0.6) is 0 Å². The van der Waals surface area contributed by atoms with E-state index in [0.29, 0.717) is 6.42 Å². The molecule has 1 aromatic heterocycles. The van der Waals surface area contributed by atoms with Crippen molar-refractivity contribution >= 4 is 11.8 Å². The van der Waals surface area contributed by atoms with Crippen LogP contribution >= 0.6 is 0 Å². The van der Waals surface area contributed by atoms with Gasteiger partial charge in [0.1, 0.15) is 5.82 Å². The molecule has 132 valence electrons. The van der Waals surface area contributed by atoms with Crippen molar-refractivity contribution in [3.63, 3.8) is 0 Å². The Labute approximate surface area is 143 Å². The van der Waals surface area contributed by atoms with Crippen molar-refractivity contribution in [2.75, 3.05) is 31.1 Å². The van der Waals surface area contributed by atoms with Gasteiger partial charge in [0.05, 0.1) is 0 Å². The first kappa shape index (κ1) is 17.0. The standard InChI is InChI=1S/C18H28N4O2/c23-14-9-16-5-2-4-11-22(16)18(24)20-15-7-12-21(13-8-15)17-6-1-3-10-19-17/h1,3,6,10,15-16,23H,2,4-5,7-9,11-14H2,(H,20,24). The number of aliphatic hydroxyl groups excluding tert-OH is 1. The van der Waals surface area contributed by atoms with Gasteiger partial charge < -0.3 is 20.2 Å². The predicted octanol–water partition coefficient (Wildman–Crippen LogP) is 2.00. The smallest absolute Gasteiger partial charge is 0.317 e. The zero-order chi connectivity index (χ0) is 16.8. The Morgan fingerprint density at radius 3 is 2.75 bits per heavy atom. The molecule has 3 heterocycles. The molecule has 1 atom stereocenters. The molecule has 2 fully saturated rings. The van der Waals surface area contributed by atoms with Crippen LogP contribution < -0.4 is 10.2 Å². The monoisotopic (exact) mass is 332 g/mol. The van der Waals surface area contributed by atoms with Crippen molar-refractivity contribution in [3.8, 4) is 0 Å². The SMILES string of the molecule is O=C(NC1CCN(c2ccccn2)CC1)N1CCCCC1CCO. The second-order valence-corrected chi connectivity index (χ2v) is 6.75. The van der Waals surface area contributed by atoms with Gasteiger partial charge in [-0.3, -0.25) is 0 Å². The van der Waals surface area contributed by atoms with Crippen molar-refractivity contribution in [2.45, 2.75) is 50.6 Å². The Bertz CT molecular complexity index is 515. The van der Waals surface area contributed by atoms with Crippen LogP contribution in [0.3, 0.4) is 0 Å². The highest BCUT2D eigenvalue weighted by Crippen LogP contribution is 2.21. The Morgan fingerprint density at radius 2 is 2.04 bits per heavy atom. The van der Waals surface area contributed by atoms with E-state index in [9.17, 15) is 9.90 Å². The number of pyridine rings is 1. The van der Waals surface area contributed by atoms with Crippen molar-refractivity contribution in [1.29, 1.82) is 0 Å². The molecule has 6 nitrogen and oxygen atoms in total. The molecule has 0 saturated carbocycles. The summed E-state index contributed by atoms with van der Waals surface area (Å²) in [5.74, 6) is 1.02. The summed E-state index contributed by atoms with van der Waals surface area (Å²) in [5, 5.41) is 12.4. The molecule has 2 saturated heterocycles. The molecule has 1 aromatic rings. The summed E-state index contributed by atoms with van der Waals surface area (Å²) in [6.45, 7) is 2.80. The molecule has 0 bridgehead atoms. The number of aromatic nitrogens is 1.